The Kier molecular flexibility index (Phi) is 7.25. The van der Waals surface area contributed by atoms with E-state index in [1.807, 2.05) is 0 Å². The first kappa shape index (κ1) is 17.2. The van der Waals surface area contributed by atoms with E-state index in [1.165, 1.54) is 24.0 Å². The van der Waals surface area contributed by atoms with Gasteiger partial charge in [-0.15, -0.1) is 0 Å². The van der Waals surface area contributed by atoms with Gasteiger partial charge in [0.2, 0.25) is 0 Å². The lowest BCUT2D eigenvalue weighted by molar-refractivity contribution is 0.0886. The molecule has 0 heterocycles. The van der Waals surface area contributed by atoms with Gasteiger partial charge in [-0.1, -0.05) is 38.5 Å². The van der Waals surface area contributed by atoms with E-state index in [0.717, 1.165) is 25.1 Å². The van der Waals surface area contributed by atoms with Crippen molar-refractivity contribution in [2.24, 2.45) is 0 Å². The van der Waals surface area contributed by atoms with E-state index in [-0.39, 0.29) is 6.10 Å². The zero-order chi connectivity index (χ0) is 15.1. The van der Waals surface area contributed by atoms with Crippen molar-refractivity contribution in [3.05, 3.63) is 34.9 Å². The summed E-state index contributed by atoms with van der Waals surface area (Å²) >= 11 is 0. The molecular weight excluding hydrogens is 246 g/mol. The van der Waals surface area contributed by atoms with Crippen molar-refractivity contribution in [1.82, 2.24) is 4.90 Å². The molecule has 0 aliphatic carbocycles. The summed E-state index contributed by atoms with van der Waals surface area (Å²) < 4.78 is 0. The first-order valence-electron chi connectivity index (χ1n) is 7.98. The predicted molar refractivity (Wildman–Crippen MR) is 87.1 cm³/mol. The van der Waals surface area contributed by atoms with Crippen LogP contribution in [0.3, 0.4) is 0 Å². The second-order valence-corrected chi connectivity index (χ2v) is 5.97. The fraction of sp³-hybridized carbons (Fsp3) is 0.667. The molecule has 0 aliphatic heterocycles. The zero-order valence-electron chi connectivity index (χ0n) is 13.8. The number of hydrogen-bond donors (Lipinski definition) is 1. The highest BCUT2D eigenvalue weighted by Gasteiger charge is 2.17. The normalized spacial score (nSPS) is 14.6. The van der Waals surface area contributed by atoms with Crippen LogP contribution in [-0.4, -0.2) is 29.1 Å². The van der Waals surface area contributed by atoms with Crippen molar-refractivity contribution in [2.75, 3.05) is 13.1 Å². The van der Waals surface area contributed by atoms with Crippen LogP contribution in [0.2, 0.25) is 0 Å². The van der Waals surface area contributed by atoms with Crippen LogP contribution >= 0.6 is 0 Å². The molecule has 2 heteroatoms. The largest absolute Gasteiger partial charge is 0.387 e. The van der Waals surface area contributed by atoms with Crippen LogP contribution in [-0.2, 0) is 0 Å². The number of aliphatic hydroxyl groups is 1. The minimum Gasteiger partial charge on any atom is -0.387 e. The minimum absolute atomic E-state index is 0.389. The molecule has 1 N–H and O–H groups in total. The number of nitrogens with zero attached hydrogens (tertiary/aromatic N) is 1. The summed E-state index contributed by atoms with van der Waals surface area (Å²) in [7, 11) is 0. The zero-order valence-corrected chi connectivity index (χ0v) is 13.8. The molecule has 20 heavy (non-hydrogen) atoms. The number of aryl methyl sites for hydroxylation is 2. The van der Waals surface area contributed by atoms with Gasteiger partial charge in [0.1, 0.15) is 0 Å². The van der Waals surface area contributed by atoms with Crippen LogP contribution in [0.5, 0.6) is 0 Å². The van der Waals surface area contributed by atoms with Gasteiger partial charge in [0, 0.05) is 12.6 Å². The van der Waals surface area contributed by atoms with Gasteiger partial charge in [-0.3, -0.25) is 4.90 Å². The molecule has 1 aromatic carbocycles. The smallest absolute Gasteiger partial charge is 0.0917 e. The Balaban J connectivity index is 2.73. The van der Waals surface area contributed by atoms with Gasteiger partial charge in [0.15, 0.2) is 0 Å². The van der Waals surface area contributed by atoms with Crippen molar-refractivity contribution in [2.45, 2.75) is 66.0 Å². The minimum atomic E-state index is -0.389. The molecule has 114 valence electrons. The van der Waals surface area contributed by atoms with E-state index < -0.39 is 0 Å². The molecule has 2 nitrogen and oxygen atoms in total. The monoisotopic (exact) mass is 277 g/mol. The summed E-state index contributed by atoms with van der Waals surface area (Å²) in [5.41, 5.74) is 3.58. The van der Waals surface area contributed by atoms with Gasteiger partial charge in [0.25, 0.3) is 0 Å². The van der Waals surface area contributed by atoms with Gasteiger partial charge in [-0.25, -0.2) is 0 Å². The molecule has 1 rings (SSSR count). The maximum Gasteiger partial charge on any atom is 0.0917 e. The Morgan fingerprint density at radius 1 is 1.15 bits per heavy atom. The van der Waals surface area contributed by atoms with E-state index >= 15 is 0 Å². The summed E-state index contributed by atoms with van der Waals surface area (Å²) in [5, 5.41) is 10.5. The molecule has 0 aliphatic rings. The van der Waals surface area contributed by atoms with E-state index in [0.29, 0.717) is 6.04 Å². The highest BCUT2D eigenvalue weighted by Crippen LogP contribution is 2.20. The molecule has 0 saturated heterocycles. The Bertz CT molecular complexity index is 402. The van der Waals surface area contributed by atoms with E-state index in [1.54, 1.807) is 0 Å². The van der Waals surface area contributed by atoms with Gasteiger partial charge in [0.05, 0.1) is 6.10 Å². The van der Waals surface area contributed by atoms with Crippen molar-refractivity contribution in [3.8, 4) is 0 Å². The predicted octanol–water partition coefficient (Wildman–Crippen LogP) is 4.24. The number of rotatable bonds is 8. The molecule has 2 unspecified atom stereocenters. The van der Waals surface area contributed by atoms with Crippen molar-refractivity contribution in [3.63, 3.8) is 0 Å². The third-order valence-electron chi connectivity index (χ3n) is 4.34. The number of aliphatic hydroxyl groups excluding tert-OH is 1. The Labute approximate surface area is 124 Å². The van der Waals surface area contributed by atoms with Crippen LogP contribution < -0.4 is 0 Å². The summed E-state index contributed by atoms with van der Waals surface area (Å²) in [4.78, 5) is 2.42. The summed E-state index contributed by atoms with van der Waals surface area (Å²) in [6.45, 7) is 12.7. The fourth-order valence-electron chi connectivity index (χ4n) is 2.41. The molecule has 0 aromatic heterocycles. The van der Waals surface area contributed by atoms with Gasteiger partial charge >= 0.3 is 0 Å². The van der Waals surface area contributed by atoms with Crippen LogP contribution in [0, 0.1) is 13.8 Å². The molecule has 0 spiro atoms. The average molecular weight is 277 g/mol. The molecule has 0 amide bonds. The topological polar surface area (TPSA) is 23.5 Å². The number of benzene rings is 1. The van der Waals surface area contributed by atoms with E-state index in [4.69, 9.17) is 0 Å². The van der Waals surface area contributed by atoms with Crippen LogP contribution in [0.4, 0.5) is 0 Å². The van der Waals surface area contributed by atoms with Crippen LogP contribution in [0.15, 0.2) is 18.2 Å². The molecule has 0 radical (unpaired) electrons. The molecule has 0 saturated carbocycles. The SMILES string of the molecule is CCCCN(CC(O)c1ccc(C)c(C)c1)C(C)CC. The Hall–Kier alpha value is -0.860. The summed E-state index contributed by atoms with van der Waals surface area (Å²) in [6, 6.07) is 6.81. The maximum absolute atomic E-state index is 10.5. The second kappa shape index (κ2) is 8.43. The lowest BCUT2D eigenvalue weighted by Gasteiger charge is -2.30. The number of hydrogen-bond acceptors (Lipinski definition) is 2. The van der Waals surface area contributed by atoms with Crippen LogP contribution in [0.25, 0.3) is 0 Å². The molecular formula is C18H31NO. The highest BCUT2D eigenvalue weighted by molar-refractivity contribution is 5.31. The molecule has 0 fully saturated rings. The van der Waals surface area contributed by atoms with E-state index in [2.05, 4.69) is 57.7 Å². The van der Waals surface area contributed by atoms with Crippen molar-refractivity contribution >= 4 is 0 Å². The molecule has 2 atom stereocenters. The first-order chi connectivity index (χ1) is 9.49. The lowest BCUT2D eigenvalue weighted by Crippen LogP contribution is -2.37. The second-order valence-electron chi connectivity index (χ2n) is 5.97. The molecule has 0 bridgehead atoms. The third-order valence-corrected chi connectivity index (χ3v) is 4.34. The Morgan fingerprint density at radius 3 is 2.40 bits per heavy atom. The highest BCUT2D eigenvalue weighted by atomic mass is 16.3. The van der Waals surface area contributed by atoms with Gasteiger partial charge < -0.3 is 5.11 Å². The number of unbranched alkanes of at least 4 members (excludes halogenated alkanes) is 1. The fourth-order valence-corrected chi connectivity index (χ4v) is 2.41. The van der Waals surface area contributed by atoms with Crippen LogP contribution in [0.1, 0.15) is 62.8 Å². The quantitative estimate of drug-likeness (QED) is 0.768. The van der Waals surface area contributed by atoms with Crippen molar-refractivity contribution in [1.29, 1.82) is 0 Å². The third kappa shape index (κ3) is 4.92. The summed E-state index contributed by atoms with van der Waals surface area (Å²) in [6.07, 6.45) is 3.14. The maximum atomic E-state index is 10.5. The lowest BCUT2D eigenvalue weighted by atomic mass is 10.0. The average Bonchev–Trinajstić information content (AvgIpc) is 2.45. The van der Waals surface area contributed by atoms with Gasteiger partial charge in [-0.05, 0) is 56.8 Å². The first-order valence-corrected chi connectivity index (χ1v) is 7.98. The molecule has 1 aromatic rings. The van der Waals surface area contributed by atoms with Gasteiger partial charge in [-0.2, -0.15) is 0 Å². The Morgan fingerprint density at radius 2 is 1.85 bits per heavy atom. The van der Waals surface area contributed by atoms with Crippen molar-refractivity contribution < 1.29 is 5.11 Å². The summed E-state index contributed by atoms with van der Waals surface area (Å²) in [5.74, 6) is 0. The van der Waals surface area contributed by atoms with E-state index in [9.17, 15) is 5.11 Å². The standard InChI is InChI=1S/C18H31NO/c1-6-8-11-19(16(5)7-2)13-18(20)17-10-9-14(3)15(4)12-17/h9-10,12,16,18,20H,6-8,11,13H2,1-5H3.